The Morgan fingerprint density at radius 2 is 1.72 bits per heavy atom. The number of nitrogens with zero attached hydrogens (tertiary/aromatic N) is 3. The van der Waals surface area contributed by atoms with E-state index in [1.165, 1.54) is 33.5 Å². The molecule has 2 aliphatic heterocycles. The van der Waals surface area contributed by atoms with Crippen LogP contribution < -0.4 is 4.90 Å². The lowest BCUT2D eigenvalue weighted by atomic mass is 10.1. The van der Waals surface area contributed by atoms with E-state index in [4.69, 9.17) is 0 Å². The van der Waals surface area contributed by atoms with Crippen LogP contribution in [0, 0.1) is 11.7 Å². The van der Waals surface area contributed by atoms with Crippen LogP contribution in [0.15, 0.2) is 24.3 Å². The Balaban J connectivity index is 1.63. The van der Waals surface area contributed by atoms with Crippen molar-refractivity contribution >= 4 is 27.5 Å². The summed E-state index contributed by atoms with van der Waals surface area (Å²) in [6.45, 7) is 1.45. The number of rotatable bonds is 3. The summed E-state index contributed by atoms with van der Waals surface area (Å²) < 4.78 is 37.4. The van der Waals surface area contributed by atoms with Gasteiger partial charge in [-0.3, -0.25) is 9.59 Å². The fraction of sp³-hybridized carbons (Fsp3) is 0.500. The van der Waals surface area contributed by atoms with Gasteiger partial charge in [0.1, 0.15) is 5.82 Å². The molecule has 1 aromatic carbocycles. The zero-order chi connectivity index (χ0) is 18.2. The standard InChI is InChI=1S/C16H20FN3O4S/c1-25(23,24)19-8-6-18(7-9-19)16(22)12-10-15(21)20(11-12)14-4-2-13(17)3-5-14/h2-5,12H,6-11H2,1H3/t12-/m1/s1. The number of amides is 2. The first-order chi connectivity index (χ1) is 11.8. The number of halogens is 1. The molecule has 0 aliphatic carbocycles. The van der Waals surface area contributed by atoms with Crippen molar-refractivity contribution in [2.75, 3.05) is 43.9 Å². The average Bonchev–Trinajstić information content (AvgIpc) is 2.96. The molecule has 2 saturated heterocycles. The molecule has 0 aromatic heterocycles. The summed E-state index contributed by atoms with van der Waals surface area (Å²) in [6, 6.07) is 5.60. The van der Waals surface area contributed by atoms with Crippen LogP contribution in [-0.4, -0.2) is 68.4 Å². The summed E-state index contributed by atoms with van der Waals surface area (Å²) in [5.41, 5.74) is 0.573. The van der Waals surface area contributed by atoms with Crippen LogP contribution in [0.1, 0.15) is 6.42 Å². The largest absolute Gasteiger partial charge is 0.340 e. The predicted molar refractivity (Wildman–Crippen MR) is 89.9 cm³/mol. The molecule has 0 N–H and O–H groups in total. The smallest absolute Gasteiger partial charge is 0.228 e. The van der Waals surface area contributed by atoms with Gasteiger partial charge in [0.25, 0.3) is 0 Å². The van der Waals surface area contributed by atoms with E-state index < -0.39 is 15.9 Å². The van der Waals surface area contributed by atoms with E-state index in [0.717, 1.165) is 6.26 Å². The Morgan fingerprint density at radius 3 is 2.28 bits per heavy atom. The van der Waals surface area contributed by atoms with Gasteiger partial charge in [-0.1, -0.05) is 0 Å². The minimum atomic E-state index is -3.25. The molecule has 0 radical (unpaired) electrons. The molecule has 2 heterocycles. The fourth-order valence-electron chi connectivity index (χ4n) is 3.24. The van der Waals surface area contributed by atoms with Crippen LogP contribution in [0.3, 0.4) is 0 Å². The molecule has 0 spiro atoms. The SMILES string of the molecule is CS(=O)(=O)N1CCN(C(=O)[C@@H]2CC(=O)N(c3ccc(F)cc3)C2)CC1. The molecule has 0 bridgehead atoms. The highest BCUT2D eigenvalue weighted by molar-refractivity contribution is 7.88. The van der Waals surface area contributed by atoms with Crippen LogP contribution in [0.2, 0.25) is 0 Å². The van der Waals surface area contributed by atoms with E-state index in [0.29, 0.717) is 18.8 Å². The summed E-state index contributed by atoms with van der Waals surface area (Å²) >= 11 is 0. The van der Waals surface area contributed by atoms with E-state index >= 15 is 0 Å². The third kappa shape index (κ3) is 3.82. The van der Waals surface area contributed by atoms with E-state index in [1.807, 2.05) is 0 Å². The van der Waals surface area contributed by atoms with Gasteiger partial charge in [-0.2, -0.15) is 4.31 Å². The van der Waals surface area contributed by atoms with Gasteiger partial charge in [0.2, 0.25) is 21.8 Å². The number of hydrogen-bond acceptors (Lipinski definition) is 4. The molecule has 25 heavy (non-hydrogen) atoms. The summed E-state index contributed by atoms with van der Waals surface area (Å²) in [7, 11) is -3.25. The molecule has 9 heteroatoms. The maximum absolute atomic E-state index is 13.0. The molecular weight excluding hydrogens is 349 g/mol. The second-order valence-corrected chi connectivity index (χ2v) is 8.35. The van der Waals surface area contributed by atoms with Crippen LogP contribution in [0.5, 0.6) is 0 Å². The monoisotopic (exact) mass is 369 g/mol. The maximum Gasteiger partial charge on any atom is 0.228 e. The lowest BCUT2D eigenvalue weighted by molar-refractivity contribution is -0.136. The summed E-state index contributed by atoms with van der Waals surface area (Å²) in [4.78, 5) is 28.0. The molecule has 1 aromatic rings. The molecule has 0 unspecified atom stereocenters. The van der Waals surface area contributed by atoms with Crippen molar-refractivity contribution in [2.45, 2.75) is 6.42 Å². The Labute approximate surface area is 146 Å². The summed E-state index contributed by atoms with van der Waals surface area (Å²) in [5, 5.41) is 0. The maximum atomic E-state index is 13.0. The van der Waals surface area contributed by atoms with Gasteiger partial charge < -0.3 is 9.80 Å². The predicted octanol–water partition coefficient (Wildman–Crippen LogP) is 0.282. The number of benzene rings is 1. The van der Waals surface area contributed by atoms with Crippen LogP contribution >= 0.6 is 0 Å². The lowest BCUT2D eigenvalue weighted by Crippen LogP contribution is -2.51. The number of carbonyl (C=O) groups excluding carboxylic acids is 2. The third-order valence-electron chi connectivity index (χ3n) is 4.63. The zero-order valence-electron chi connectivity index (χ0n) is 13.9. The van der Waals surface area contributed by atoms with Gasteiger partial charge in [0.15, 0.2) is 0 Å². The molecule has 2 fully saturated rings. The molecule has 7 nitrogen and oxygen atoms in total. The molecule has 3 rings (SSSR count). The van der Waals surface area contributed by atoms with Gasteiger partial charge in [-0.25, -0.2) is 12.8 Å². The van der Waals surface area contributed by atoms with Crippen LogP contribution in [-0.2, 0) is 19.6 Å². The number of carbonyl (C=O) groups is 2. The van der Waals surface area contributed by atoms with E-state index in [9.17, 15) is 22.4 Å². The van der Waals surface area contributed by atoms with Crippen molar-refractivity contribution in [2.24, 2.45) is 5.92 Å². The summed E-state index contributed by atoms with van der Waals surface area (Å²) in [5.74, 6) is -1.14. The van der Waals surface area contributed by atoms with Gasteiger partial charge >= 0.3 is 0 Å². The average molecular weight is 369 g/mol. The molecule has 0 saturated carbocycles. The van der Waals surface area contributed by atoms with Gasteiger partial charge in [-0.15, -0.1) is 0 Å². The Morgan fingerprint density at radius 1 is 1.12 bits per heavy atom. The number of piperazine rings is 1. The Hall–Kier alpha value is -2.00. The fourth-order valence-corrected chi connectivity index (χ4v) is 4.07. The molecule has 2 amide bonds. The minimum Gasteiger partial charge on any atom is -0.340 e. The topological polar surface area (TPSA) is 78.0 Å². The first-order valence-electron chi connectivity index (χ1n) is 8.05. The normalized spacial score (nSPS) is 22.5. The quantitative estimate of drug-likeness (QED) is 0.767. The van der Waals surface area contributed by atoms with Gasteiger partial charge in [-0.05, 0) is 24.3 Å². The highest BCUT2D eigenvalue weighted by Crippen LogP contribution is 2.27. The Bertz CT molecular complexity index is 773. The first-order valence-corrected chi connectivity index (χ1v) is 9.90. The van der Waals surface area contributed by atoms with Crippen molar-refractivity contribution < 1.29 is 22.4 Å². The Kier molecular flexibility index (Phi) is 4.79. The number of sulfonamides is 1. The highest BCUT2D eigenvalue weighted by atomic mass is 32.2. The number of anilines is 1. The second-order valence-electron chi connectivity index (χ2n) is 6.37. The first kappa shape index (κ1) is 17.8. The van der Waals surface area contributed by atoms with Gasteiger partial charge in [0.05, 0.1) is 12.2 Å². The van der Waals surface area contributed by atoms with Crippen molar-refractivity contribution in [3.05, 3.63) is 30.1 Å². The molecular formula is C16H20FN3O4S. The van der Waals surface area contributed by atoms with E-state index in [2.05, 4.69) is 0 Å². The van der Waals surface area contributed by atoms with Crippen molar-refractivity contribution in [1.82, 2.24) is 9.21 Å². The minimum absolute atomic E-state index is 0.114. The number of hydrogen-bond donors (Lipinski definition) is 0. The van der Waals surface area contributed by atoms with Crippen molar-refractivity contribution in [1.29, 1.82) is 0 Å². The highest BCUT2D eigenvalue weighted by Gasteiger charge is 2.38. The van der Waals surface area contributed by atoms with Crippen molar-refractivity contribution in [3.8, 4) is 0 Å². The molecule has 2 aliphatic rings. The second kappa shape index (κ2) is 6.72. The molecule has 136 valence electrons. The van der Waals surface area contributed by atoms with Crippen LogP contribution in [0.25, 0.3) is 0 Å². The van der Waals surface area contributed by atoms with E-state index in [-0.39, 0.29) is 43.7 Å². The van der Waals surface area contributed by atoms with Gasteiger partial charge in [0, 0.05) is 44.8 Å². The lowest BCUT2D eigenvalue weighted by Gasteiger charge is -2.34. The third-order valence-corrected chi connectivity index (χ3v) is 5.94. The van der Waals surface area contributed by atoms with E-state index in [1.54, 1.807) is 4.90 Å². The summed E-state index contributed by atoms with van der Waals surface area (Å²) in [6.07, 6.45) is 1.27. The van der Waals surface area contributed by atoms with Crippen LogP contribution in [0.4, 0.5) is 10.1 Å². The zero-order valence-corrected chi connectivity index (χ0v) is 14.7. The van der Waals surface area contributed by atoms with Crippen molar-refractivity contribution in [3.63, 3.8) is 0 Å². The molecule has 1 atom stereocenters.